The summed E-state index contributed by atoms with van der Waals surface area (Å²) in [5.74, 6) is 1.50. The molecule has 0 bridgehead atoms. The molecule has 2 aliphatic rings. The van der Waals surface area contributed by atoms with Gasteiger partial charge in [-0.1, -0.05) is 24.3 Å². The Hall–Kier alpha value is -2.11. The number of fused-ring (bicyclic) bond motifs is 1. The Bertz CT molecular complexity index is 713. The minimum absolute atomic E-state index is 0.234. The van der Waals surface area contributed by atoms with Crippen molar-refractivity contribution in [1.82, 2.24) is 9.80 Å². The summed E-state index contributed by atoms with van der Waals surface area (Å²) in [7, 11) is 0. The van der Waals surface area contributed by atoms with Crippen molar-refractivity contribution in [2.45, 2.75) is 25.8 Å². The van der Waals surface area contributed by atoms with Crippen LogP contribution in [0.25, 0.3) is 0 Å². The molecule has 1 aromatic carbocycles. The molecule has 1 saturated heterocycles. The SMILES string of the molecule is O=C(CC1Cc2ccccc2C1)N(CCN1CCOCC1)Cc1ccco1. The zero-order valence-electron chi connectivity index (χ0n) is 15.8. The minimum Gasteiger partial charge on any atom is -0.467 e. The molecular formula is C22H28N2O3. The summed E-state index contributed by atoms with van der Waals surface area (Å²) in [6, 6.07) is 12.4. The number of hydrogen-bond acceptors (Lipinski definition) is 4. The molecular weight excluding hydrogens is 340 g/mol. The van der Waals surface area contributed by atoms with Crippen molar-refractivity contribution in [2.75, 3.05) is 39.4 Å². The van der Waals surface area contributed by atoms with Crippen molar-refractivity contribution in [1.29, 1.82) is 0 Å². The second kappa shape index (κ2) is 8.72. The summed E-state index contributed by atoms with van der Waals surface area (Å²) in [5, 5.41) is 0. The third-order valence-electron chi connectivity index (χ3n) is 5.67. The van der Waals surface area contributed by atoms with Crippen LogP contribution in [0.15, 0.2) is 47.1 Å². The summed E-state index contributed by atoms with van der Waals surface area (Å²) in [4.78, 5) is 17.4. The van der Waals surface area contributed by atoms with Crippen LogP contribution in [0, 0.1) is 5.92 Å². The van der Waals surface area contributed by atoms with E-state index in [1.54, 1.807) is 6.26 Å². The zero-order chi connectivity index (χ0) is 18.5. The second-order valence-electron chi connectivity index (χ2n) is 7.60. The molecule has 5 nitrogen and oxygen atoms in total. The minimum atomic E-state index is 0.234. The maximum Gasteiger partial charge on any atom is 0.223 e. The Labute approximate surface area is 160 Å². The molecule has 27 heavy (non-hydrogen) atoms. The average Bonchev–Trinajstić information content (AvgIpc) is 3.34. The van der Waals surface area contributed by atoms with E-state index in [9.17, 15) is 4.79 Å². The van der Waals surface area contributed by atoms with Crippen molar-refractivity contribution >= 4 is 5.91 Å². The first-order valence-electron chi connectivity index (χ1n) is 9.95. The smallest absolute Gasteiger partial charge is 0.223 e. The topological polar surface area (TPSA) is 45.9 Å². The molecule has 0 saturated carbocycles. The van der Waals surface area contributed by atoms with Gasteiger partial charge in [0.25, 0.3) is 0 Å². The number of nitrogens with zero attached hydrogens (tertiary/aromatic N) is 2. The number of carbonyl (C=O) groups excluding carboxylic acids is 1. The highest BCUT2D eigenvalue weighted by atomic mass is 16.5. The predicted molar refractivity (Wildman–Crippen MR) is 103 cm³/mol. The Kier molecular flexibility index (Phi) is 5.90. The number of benzene rings is 1. The highest BCUT2D eigenvalue weighted by Gasteiger charge is 2.26. The van der Waals surface area contributed by atoms with E-state index in [0.29, 0.717) is 18.9 Å². The van der Waals surface area contributed by atoms with Crippen LogP contribution in [0.1, 0.15) is 23.3 Å². The monoisotopic (exact) mass is 368 g/mol. The third kappa shape index (κ3) is 4.79. The lowest BCUT2D eigenvalue weighted by molar-refractivity contribution is -0.133. The number of furan rings is 1. The van der Waals surface area contributed by atoms with Gasteiger partial charge in [-0.15, -0.1) is 0 Å². The van der Waals surface area contributed by atoms with Gasteiger partial charge in [-0.05, 0) is 42.0 Å². The fourth-order valence-corrected chi connectivity index (χ4v) is 4.14. The van der Waals surface area contributed by atoms with E-state index in [-0.39, 0.29) is 5.91 Å². The molecule has 4 rings (SSSR count). The van der Waals surface area contributed by atoms with Crippen LogP contribution in [0.3, 0.4) is 0 Å². The molecule has 1 aliphatic carbocycles. The van der Waals surface area contributed by atoms with E-state index in [2.05, 4.69) is 29.2 Å². The van der Waals surface area contributed by atoms with E-state index < -0.39 is 0 Å². The lowest BCUT2D eigenvalue weighted by Crippen LogP contribution is -2.43. The van der Waals surface area contributed by atoms with Crippen LogP contribution >= 0.6 is 0 Å². The molecule has 0 atom stereocenters. The average molecular weight is 368 g/mol. The quantitative estimate of drug-likeness (QED) is 0.754. The standard InChI is InChI=1S/C22H28N2O3/c25-22(16-18-14-19-4-1-2-5-20(19)15-18)24(17-21-6-3-11-27-21)8-7-23-9-12-26-13-10-23/h1-6,11,18H,7-10,12-17H2. The van der Waals surface area contributed by atoms with Crippen LogP contribution in [0.5, 0.6) is 0 Å². The number of ether oxygens (including phenoxy) is 1. The molecule has 1 amide bonds. The van der Waals surface area contributed by atoms with Crippen molar-refractivity contribution in [3.8, 4) is 0 Å². The highest BCUT2D eigenvalue weighted by Crippen LogP contribution is 2.29. The zero-order valence-corrected chi connectivity index (χ0v) is 15.8. The van der Waals surface area contributed by atoms with Crippen molar-refractivity contribution in [3.63, 3.8) is 0 Å². The molecule has 144 valence electrons. The van der Waals surface area contributed by atoms with E-state index in [4.69, 9.17) is 9.15 Å². The molecule has 1 fully saturated rings. The Morgan fingerprint density at radius 3 is 2.48 bits per heavy atom. The number of amides is 1. The lowest BCUT2D eigenvalue weighted by Gasteiger charge is -2.30. The largest absolute Gasteiger partial charge is 0.467 e. The van der Waals surface area contributed by atoms with Gasteiger partial charge < -0.3 is 14.1 Å². The van der Waals surface area contributed by atoms with Gasteiger partial charge in [-0.25, -0.2) is 0 Å². The second-order valence-corrected chi connectivity index (χ2v) is 7.60. The first kappa shape index (κ1) is 18.3. The van der Waals surface area contributed by atoms with Gasteiger partial charge in [0.1, 0.15) is 5.76 Å². The molecule has 2 heterocycles. The first-order chi connectivity index (χ1) is 13.3. The molecule has 0 radical (unpaired) electrons. The summed E-state index contributed by atoms with van der Waals surface area (Å²) in [6.45, 7) is 5.64. The van der Waals surface area contributed by atoms with Crippen LogP contribution < -0.4 is 0 Å². The maximum absolute atomic E-state index is 13.1. The Morgan fingerprint density at radius 2 is 1.81 bits per heavy atom. The normalized spacial score (nSPS) is 17.8. The molecule has 5 heteroatoms. The van der Waals surface area contributed by atoms with Crippen molar-refractivity contribution in [2.24, 2.45) is 5.92 Å². The summed E-state index contributed by atoms with van der Waals surface area (Å²) in [6.07, 6.45) is 4.31. The van der Waals surface area contributed by atoms with E-state index in [1.165, 1.54) is 11.1 Å². The molecule has 1 aliphatic heterocycles. The summed E-state index contributed by atoms with van der Waals surface area (Å²) in [5.41, 5.74) is 2.81. The number of carbonyl (C=O) groups is 1. The van der Waals surface area contributed by atoms with Gasteiger partial charge in [0.2, 0.25) is 5.91 Å². The van der Waals surface area contributed by atoms with Crippen LogP contribution in [0.2, 0.25) is 0 Å². The predicted octanol–water partition coefficient (Wildman–Crippen LogP) is 2.75. The number of rotatable bonds is 7. The van der Waals surface area contributed by atoms with Crippen LogP contribution in [0.4, 0.5) is 0 Å². The molecule has 0 unspecified atom stereocenters. The van der Waals surface area contributed by atoms with Crippen LogP contribution in [-0.4, -0.2) is 55.1 Å². The molecule has 0 N–H and O–H groups in total. The summed E-state index contributed by atoms with van der Waals surface area (Å²) < 4.78 is 10.9. The van der Waals surface area contributed by atoms with Crippen molar-refractivity contribution in [3.05, 3.63) is 59.5 Å². The first-order valence-corrected chi connectivity index (χ1v) is 9.95. The highest BCUT2D eigenvalue weighted by molar-refractivity contribution is 5.76. The van der Waals surface area contributed by atoms with Crippen LogP contribution in [-0.2, 0) is 28.9 Å². The summed E-state index contributed by atoms with van der Waals surface area (Å²) >= 11 is 0. The van der Waals surface area contributed by atoms with Gasteiger partial charge in [0, 0.05) is 32.6 Å². The van der Waals surface area contributed by atoms with Gasteiger partial charge in [-0.2, -0.15) is 0 Å². The third-order valence-corrected chi connectivity index (χ3v) is 5.67. The van der Waals surface area contributed by atoms with Gasteiger partial charge in [0.15, 0.2) is 0 Å². The van der Waals surface area contributed by atoms with E-state index in [1.807, 2.05) is 17.0 Å². The van der Waals surface area contributed by atoms with E-state index in [0.717, 1.165) is 58.0 Å². The van der Waals surface area contributed by atoms with Gasteiger partial charge >= 0.3 is 0 Å². The van der Waals surface area contributed by atoms with Gasteiger partial charge in [-0.3, -0.25) is 9.69 Å². The molecule has 0 spiro atoms. The lowest BCUT2D eigenvalue weighted by atomic mass is 10.0. The fraction of sp³-hybridized carbons (Fsp3) is 0.500. The maximum atomic E-state index is 13.1. The van der Waals surface area contributed by atoms with Gasteiger partial charge in [0.05, 0.1) is 26.0 Å². The Balaban J connectivity index is 1.36. The molecule has 2 aromatic rings. The van der Waals surface area contributed by atoms with E-state index >= 15 is 0 Å². The fourth-order valence-electron chi connectivity index (χ4n) is 4.14. The number of morpholine rings is 1. The molecule has 1 aromatic heterocycles. The van der Waals surface area contributed by atoms with Crippen molar-refractivity contribution < 1.29 is 13.9 Å². The Morgan fingerprint density at radius 1 is 1.07 bits per heavy atom. The number of hydrogen-bond donors (Lipinski definition) is 0.